The van der Waals surface area contributed by atoms with Crippen molar-refractivity contribution >= 4 is 5.91 Å². The Morgan fingerprint density at radius 2 is 2.21 bits per heavy atom. The van der Waals surface area contributed by atoms with Crippen LogP contribution in [-0.2, 0) is 13.0 Å². The van der Waals surface area contributed by atoms with Gasteiger partial charge in [-0.25, -0.2) is 0 Å². The number of aryl methyl sites for hydroxylation is 2. The Balaban J connectivity index is 1.49. The number of nitrogens with zero attached hydrogens (tertiary/aromatic N) is 2. The lowest BCUT2D eigenvalue weighted by Gasteiger charge is -2.32. The number of hydrogen-bond donors (Lipinski definition) is 1. The predicted molar refractivity (Wildman–Crippen MR) is 92.8 cm³/mol. The average Bonchev–Trinajstić information content (AvgIpc) is 2.99. The molecule has 1 aliphatic heterocycles. The van der Waals surface area contributed by atoms with Gasteiger partial charge in [0, 0.05) is 44.5 Å². The van der Waals surface area contributed by atoms with E-state index in [9.17, 15) is 4.79 Å². The highest BCUT2D eigenvalue weighted by Crippen LogP contribution is 2.17. The average molecular weight is 327 g/mol. The van der Waals surface area contributed by atoms with Crippen molar-refractivity contribution in [3.05, 3.63) is 53.2 Å². The van der Waals surface area contributed by atoms with Crippen LogP contribution < -0.4 is 5.32 Å². The van der Waals surface area contributed by atoms with Crippen molar-refractivity contribution in [2.45, 2.75) is 45.7 Å². The predicted octanol–water partition coefficient (Wildman–Crippen LogP) is 2.94. The second-order valence-electron chi connectivity index (χ2n) is 6.46. The van der Waals surface area contributed by atoms with Gasteiger partial charge in [-0.05, 0) is 43.0 Å². The minimum absolute atomic E-state index is 0.0940. The fourth-order valence-corrected chi connectivity index (χ4v) is 3.22. The molecule has 0 bridgehead atoms. The van der Waals surface area contributed by atoms with Crippen LogP contribution in [0.25, 0.3) is 0 Å². The Hall–Kier alpha value is -2.14. The van der Waals surface area contributed by atoms with Gasteiger partial charge in [-0.15, -0.1) is 0 Å². The number of carbonyl (C=O) groups is 1. The summed E-state index contributed by atoms with van der Waals surface area (Å²) in [5.74, 6) is 1.23. The second-order valence-corrected chi connectivity index (χ2v) is 6.46. The highest BCUT2D eigenvalue weighted by atomic mass is 16.4. The van der Waals surface area contributed by atoms with Crippen LogP contribution in [0.3, 0.4) is 0 Å². The normalized spacial score (nSPS) is 16.2. The van der Waals surface area contributed by atoms with Crippen molar-refractivity contribution in [2.24, 2.45) is 0 Å². The van der Waals surface area contributed by atoms with Crippen LogP contribution in [0.15, 0.2) is 35.0 Å². The highest BCUT2D eigenvalue weighted by molar-refractivity contribution is 5.92. The zero-order chi connectivity index (χ0) is 16.9. The van der Waals surface area contributed by atoms with Gasteiger partial charge >= 0.3 is 0 Å². The fraction of sp³-hybridized carbons (Fsp3) is 0.474. The van der Waals surface area contributed by atoms with Crippen LogP contribution in [0.2, 0.25) is 0 Å². The molecule has 5 heteroatoms. The molecule has 128 valence electrons. The minimum Gasteiger partial charge on any atom is -0.456 e. The summed E-state index contributed by atoms with van der Waals surface area (Å²) < 4.78 is 5.64. The van der Waals surface area contributed by atoms with E-state index in [1.54, 1.807) is 6.20 Å². The molecule has 0 aromatic carbocycles. The van der Waals surface area contributed by atoms with Crippen LogP contribution >= 0.6 is 0 Å². The van der Waals surface area contributed by atoms with E-state index in [1.807, 2.05) is 32.2 Å². The van der Waals surface area contributed by atoms with Gasteiger partial charge < -0.3 is 9.73 Å². The maximum absolute atomic E-state index is 12.3. The molecule has 1 fully saturated rings. The summed E-state index contributed by atoms with van der Waals surface area (Å²) in [5.41, 5.74) is 2.28. The monoisotopic (exact) mass is 327 g/mol. The Kier molecular flexibility index (Phi) is 5.30. The molecule has 2 aromatic heterocycles. The van der Waals surface area contributed by atoms with E-state index in [-0.39, 0.29) is 11.9 Å². The summed E-state index contributed by atoms with van der Waals surface area (Å²) in [6.45, 7) is 6.90. The molecule has 0 saturated carbocycles. The maximum Gasteiger partial charge on any atom is 0.287 e. The molecule has 1 aliphatic rings. The summed E-state index contributed by atoms with van der Waals surface area (Å²) >= 11 is 0. The molecule has 3 heterocycles. The standard InChI is InChI=1S/C19H25N3O2/c1-3-17-14(2)11-18(24-17)19(23)21-16-6-9-22(10-7-16)13-15-5-4-8-20-12-15/h4-5,8,11-12,16H,3,6-7,9-10,13H2,1-2H3,(H,21,23). The number of aromatic nitrogens is 1. The lowest BCUT2D eigenvalue weighted by atomic mass is 10.0. The smallest absolute Gasteiger partial charge is 0.287 e. The van der Waals surface area contributed by atoms with Crippen molar-refractivity contribution in [3.8, 4) is 0 Å². The van der Waals surface area contributed by atoms with Crippen LogP contribution in [0.4, 0.5) is 0 Å². The first-order valence-corrected chi connectivity index (χ1v) is 8.67. The third-order valence-electron chi connectivity index (χ3n) is 4.62. The third-order valence-corrected chi connectivity index (χ3v) is 4.62. The number of furan rings is 1. The van der Waals surface area contributed by atoms with Crippen molar-refractivity contribution in [1.29, 1.82) is 0 Å². The lowest BCUT2D eigenvalue weighted by molar-refractivity contribution is 0.0879. The molecule has 1 amide bonds. The van der Waals surface area contributed by atoms with Crippen molar-refractivity contribution < 1.29 is 9.21 Å². The molecule has 2 aromatic rings. The number of piperidine rings is 1. The van der Waals surface area contributed by atoms with Crippen LogP contribution in [0, 0.1) is 6.92 Å². The molecule has 1 saturated heterocycles. The van der Waals surface area contributed by atoms with Crippen LogP contribution in [-0.4, -0.2) is 34.9 Å². The molecular weight excluding hydrogens is 302 g/mol. The van der Waals surface area contributed by atoms with Gasteiger partial charge in [0.2, 0.25) is 0 Å². The first-order chi connectivity index (χ1) is 11.7. The summed E-state index contributed by atoms with van der Waals surface area (Å²) in [5, 5.41) is 3.11. The van der Waals surface area contributed by atoms with E-state index in [1.165, 1.54) is 5.56 Å². The van der Waals surface area contributed by atoms with Gasteiger partial charge in [0.1, 0.15) is 5.76 Å². The quantitative estimate of drug-likeness (QED) is 0.917. The number of hydrogen-bond acceptors (Lipinski definition) is 4. The van der Waals surface area contributed by atoms with Crippen molar-refractivity contribution in [3.63, 3.8) is 0 Å². The van der Waals surface area contributed by atoms with Crippen molar-refractivity contribution in [2.75, 3.05) is 13.1 Å². The molecule has 0 spiro atoms. The molecule has 0 unspecified atom stereocenters. The van der Waals surface area contributed by atoms with E-state index in [0.29, 0.717) is 5.76 Å². The van der Waals surface area contributed by atoms with Crippen molar-refractivity contribution in [1.82, 2.24) is 15.2 Å². The van der Waals surface area contributed by atoms with Gasteiger partial charge in [0.15, 0.2) is 5.76 Å². The number of carbonyl (C=O) groups excluding carboxylic acids is 1. The number of rotatable bonds is 5. The number of likely N-dealkylation sites (tertiary alicyclic amines) is 1. The maximum atomic E-state index is 12.3. The molecular formula is C19H25N3O2. The van der Waals surface area contributed by atoms with Crippen LogP contribution in [0.5, 0.6) is 0 Å². The minimum atomic E-state index is -0.0940. The number of nitrogens with one attached hydrogen (secondary N) is 1. The zero-order valence-corrected chi connectivity index (χ0v) is 14.4. The van der Waals surface area contributed by atoms with Gasteiger partial charge in [-0.3, -0.25) is 14.7 Å². The first kappa shape index (κ1) is 16.7. The first-order valence-electron chi connectivity index (χ1n) is 8.67. The Morgan fingerprint density at radius 3 is 2.83 bits per heavy atom. The van der Waals surface area contributed by atoms with Gasteiger partial charge in [0.25, 0.3) is 5.91 Å². The highest BCUT2D eigenvalue weighted by Gasteiger charge is 2.22. The van der Waals surface area contributed by atoms with E-state index in [0.717, 1.165) is 50.2 Å². The fourth-order valence-electron chi connectivity index (χ4n) is 3.22. The molecule has 0 atom stereocenters. The molecule has 0 radical (unpaired) electrons. The molecule has 1 N–H and O–H groups in total. The van der Waals surface area contributed by atoms with E-state index in [4.69, 9.17) is 4.42 Å². The molecule has 5 nitrogen and oxygen atoms in total. The zero-order valence-electron chi connectivity index (χ0n) is 14.4. The Labute approximate surface area is 143 Å². The summed E-state index contributed by atoms with van der Waals surface area (Å²) in [6, 6.07) is 6.13. The summed E-state index contributed by atoms with van der Waals surface area (Å²) in [7, 11) is 0. The van der Waals surface area contributed by atoms with E-state index >= 15 is 0 Å². The van der Waals surface area contributed by atoms with Gasteiger partial charge in [0.05, 0.1) is 0 Å². The van der Waals surface area contributed by atoms with Gasteiger partial charge in [-0.2, -0.15) is 0 Å². The molecule has 0 aliphatic carbocycles. The number of amides is 1. The Morgan fingerprint density at radius 1 is 1.42 bits per heavy atom. The molecule has 24 heavy (non-hydrogen) atoms. The van der Waals surface area contributed by atoms with Crippen LogP contribution in [0.1, 0.15) is 47.2 Å². The molecule has 3 rings (SSSR count). The summed E-state index contributed by atoms with van der Waals surface area (Å²) in [6.07, 6.45) is 6.45. The van der Waals surface area contributed by atoms with E-state index < -0.39 is 0 Å². The number of pyridine rings is 1. The largest absolute Gasteiger partial charge is 0.456 e. The topological polar surface area (TPSA) is 58.4 Å². The lowest BCUT2D eigenvalue weighted by Crippen LogP contribution is -2.44. The Bertz CT molecular complexity index is 673. The SMILES string of the molecule is CCc1oc(C(=O)NC2CCN(Cc3cccnc3)CC2)cc1C. The van der Waals surface area contributed by atoms with E-state index in [2.05, 4.69) is 21.3 Å². The van der Waals surface area contributed by atoms with Gasteiger partial charge in [-0.1, -0.05) is 13.0 Å². The summed E-state index contributed by atoms with van der Waals surface area (Å²) in [4.78, 5) is 18.9. The third kappa shape index (κ3) is 4.03. The second kappa shape index (κ2) is 7.62.